The van der Waals surface area contributed by atoms with E-state index in [1.807, 2.05) is 0 Å². The van der Waals surface area contributed by atoms with Crippen LogP contribution in [0.4, 0.5) is 13.6 Å². The molecule has 2 N–H and O–H groups in total. The number of nitrogens with one attached hydrogen (secondary N) is 1. The Balaban J connectivity index is 1.78. The van der Waals surface area contributed by atoms with E-state index in [-0.39, 0.29) is 31.6 Å². The zero-order valence-electron chi connectivity index (χ0n) is 12.3. The van der Waals surface area contributed by atoms with Crippen LogP contribution in [0.15, 0.2) is 18.2 Å². The van der Waals surface area contributed by atoms with Gasteiger partial charge in [0.2, 0.25) is 5.91 Å². The van der Waals surface area contributed by atoms with Crippen LogP contribution in [0, 0.1) is 11.6 Å². The predicted molar refractivity (Wildman–Crippen MR) is 76.4 cm³/mol. The molecule has 0 spiro atoms. The summed E-state index contributed by atoms with van der Waals surface area (Å²) in [5.41, 5.74) is 0.111. The van der Waals surface area contributed by atoms with Crippen molar-refractivity contribution in [3.63, 3.8) is 0 Å². The second-order valence-electron chi connectivity index (χ2n) is 5.78. The number of hydrogen-bond acceptors (Lipinski definition) is 4. The molecule has 0 aliphatic carbocycles. The highest BCUT2D eigenvalue weighted by atomic mass is 19.1. The average molecular weight is 325 g/mol. The molecule has 8 heteroatoms. The zero-order chi connectivity index (χ0) is 16.6. The summed E-state index contributed by atoms with van der Waals surface area (Å²) in [6.45, 7) is 0.717. The third-order valence-corrected chi connectivity index (χ3v) is 4.19. The minimum absolute atomic E-state index is 0.111. The number of rotatable bonds is 3. The Morgan fingerprint density at radius 1 is 1.39 bits per heavy atom. The molecular weight excluding hydrogens is 308 g/mol. The van der Waals surface area contributed by atoms with Gasteiger partial charge in [-0.25, -0.2) is 13.6 Å². The van der Waals surface area contributed by atoms with Crippen LogP contribution in [-0.4, -0.2) is 59.1 Å². The lowest BCUT2D eigenvalue weighted by atomic mass is 10.0. The summed E-state index contributed by atoms with van der Waals surface area (Å²) < 4.78 is 27.4. The number of amides is 3. The first-order valence-electron chi connectivity index (χ1n) is 7.41. The monoisotopic (exact) mass is 325 g/mol. The van der Waals surface area contributed by atoms with Gasteiger partial charge in [-0.2, -0.15) is 0 Å². The lowest BCUT2D eigenvalue weighted by Crippen LogP contribution is -2.42. The number of aliphatic hydroxyl groups is 1. The van der Waals surface area contributed by atoms with E-state index in [9.17, 15) is 23.5 Å². The molecule has 2 fully saturated rings. The van der Waals surface area contributed by atoms with Crippen LogP contribution in [0.2, 0.25) is 0 Å². The van der Waals surface area contributed by atoms with Crippen LogP contribution < -0.4 is 5.32 Å². The summed E-state index contributed by atoms with van der Waals surface area (Å²) in [6, 6.07) is 2.08. The maximum absolute atomic E-state index is 14.0. The van der Waals surface area contributed by atoms with Crippen LogP contribution in [0.3, 0.4) is 0 Å². The number of benzene rings is 1. The van der Waals surface area contributed by atoms with E-state index in [1.165, 1.54) is 0 Å². The van der Waals surface area contributed by atoms with E-state index in [0.29, 0.717) is 6.54 Å². The summed E-state index contributed by atoms with van der Waals surface area (Å²) in [5, 5.41) is 12.4. The average Bonchev–Trinajstić information content (AvgIpc) is 3.07. The van der Waals surface area contributed by atoms with Crippen molar-refractivity contribution in [3.8, 4) is 0 Å². The van der Waals surface area contributed by atoms with E-state index in [4.69, 9.17) is 0 Å². The van der Waals surface area contributed by atoms with Crippen molar-refractivity contribution >= 4 is 11.9 Å². The minimum Gasteiger partial charge on any atom is -0.392 e. The number of β-amino-alcohol motifs (C(OH)–C–C–N with tert-alkyl or cyclic N) is 1. The Bertz CT molecular complexity index is 640. The molecule has 2 aliphatic rings. The van der Waals surface area contributed by atoms with Gasteiger partial charge in [-0.3, -0.25) is 14.6 Å². The first-order chi connectivity index (χ1) is 11.0. The van der Waals surface area contributed by atoms with Gasteiger partial charge in [-0.1, -0.05) is 0 Å². The Morgan fingerprint density at radius 2 is 2.17 bits per heavy atom. The van der Waals surface area contributed by atoms with Crippen molar-refractivity contribution in [2.24, 2.45) is 0 Å². The van der Waals surface area contributed by atoms with Crippen molar-refractivity contribution in [3.05, 3.63) is 35.4 Å². The predicted octanol–water partition coefficient (Wildman–Crippen LogP) is 0.624. The molecule has 124 valence electrons. The normalized spacial score (nSPS) is 25.0. The van der Waals surface area contributed by atoms with Gasteiger partial charge >= 0.3 is 6.03 Å². The lowest BCUT2D eigenvalue weighted by molar-refractivity contribution is -0.129. The molecule has 3 amide bonds. The third-order valence-electron chi connectivity index (χ3n) is 4.19. The second-order valence-corrected chi connectivity index (χ2v) is 5.78. The lowest BCUT2D eigenvalue weighted by Gasteiger charge is -2.25. The van der Waals surface area contributed by atoms with E-state index < -0.39 is 35.7 Å². The van der Waals surface area contributed by atoms with E-state index in [0.717, 1.165) is 23.1 Å². The van der Waals surface area contributed by atoms with Gasteiger partial charge in [0, 0.05) is 31.2 Å². The number of likely N-dealkylation sites (tertiary alicyclic amines) is 1. The maximum Gasteiger partial charge on any atom is 0.324 e. The molecule has 0 radical (unpaired) electrons. The van der Waals surface area contributed by atoms with E-state index in [2.05, 4.69) is 5.32 Å². The fraction of sp³-hybridized carbons (Fsp3) is 0.467. The maximum atomic E-state index is 14.0. The Hall–Kier alpha value is -2.06. The van der Waals surface area contributed by atoms with Crippen LogP contribution in [-0.2, 0) is 4.79 Å². The molecular formula is C15H17F2N3O3. The van der Waals surface area contributed by atoms with Gasteiger partial charge in [-0.05, 0) is 24.6 Å². The van der Waals surface area contributed by atoms with Crippen LogP contribution >= 0.6 is 0 Å². The molecule has 2 heterocycles. The zero-order valence-corrected chi connectivity index (χ0v) is 12.3. The number of imide groups is 1. The molecule has 23 heavy (non-hydrogen) atoms. The first-order valence-corrected chi connectivity index (χ1v) is 7.41. The number of nitrogens with zero attached hydrogens (tertiary/aromatic N) is 2. The topological polar surface area (TPSA) is 72.9 Å². The number of aliphatic hydroxyl groups excluding tert-OH is 1. The fourth-order valence-electron chi connectivity index (χ4n) is 3.12. The van der Waals surface area contributed by atoms with Crippen molar-refractivity contribution < 1.29 is 23.5 Å². The third kappa shape index (κ3) is 3.18. The number of urea groups is 1. The Labute approximate surface area is 131 Å². The van der Waals surface area contributed by atoms with E-state index in [1.54, 1.807) is 4.90 Å². The van der Waals surface area contributed by atoms with Crippen molar-refractivity contribution in [1.82, 2.24) is 15.1 Å². The number of hydrogen-bond donors (Lipinski definition) is 2. The van der Waals surface area contributed by atoms with Gasteiger partial charge in [0.15, 0.2) is 0 Å². The quantitative estimate of drug-likeness (QED) is 0.855. The molecule has 2 aliphatic heterocycles. The molecule has 2 saturated heterocycles. The summed E-state index contributed by atoms with van der Waals surface area (Å²) in [4.78, 5) is 26.4. The molecule has 1 aromatic rings. The van der Waals surface area contributed by atoms with Gasteiger partial charge in [-0.15, -0.1) is 0 Å². The van der Waals surface area contributed by atoms with Gasteiger partial charge in [0.25, 0.3) is 0 Å². The van der Waals surface area contributed by atoms with Gasteiger partial charge in [0.05, 0.1) is 12.6 Å². The molecule has 2 atom stereocenters. The Kier molecular flexibility index (Phi) is 4.27. The van der Waals surface area contributed by atoms with E-state index >= 15 is 0 Å². The van der Waals surface area contributed by atoms with Gasteiger partial charge < -0.3 is 10.4 Å². The van der Waals surface area contributed by atoms with Gasteiger partial charge in [0.1, 0.15) is 11.6 Å². The molecule has 0 bridgehead atoms. The molecule has 0 unspecified atom stereocenters. The Morgan fingerprint density at radius 3 is 2.87 bits per heavy atom. The molecule has 6 nitrogen and oxygen atoms in total. The van der Waals surface area contributed by atoms with Crippen molar-refractivity contribution in [2.75, 3.05) is 26.2 Å². The van der Waals surface area contributed by atoms with Crippen LogP contribution in [0.1, 0.15) is 18.0 Å². The summed E-state index contributed by atoms with van der Waals surface area (Å²) in [7, 11) is 0. The SMILES string of the molecule is O=C(CN1C[C@H](O)C[C@H]1c1cc(F)ccc1F)N1CCNC1=O. The number of carbonyl (C=O) groups is 2. The van der Waals surface area contributed by atoms with Crippen molar-refractivity contribution in [2.45, 2.75) is 18.6 Å². The summed E-state index contributed by atoms with van der Waals surface area (Å²) in [6.07, 6.45) is -0.525. The summed E-state index contributed by atoms with van der Waals surface area (Å²) >= 11 is 0. The minimum atomic E-state index is -0.733. The standard InChI is InChI=1S/C15H17F2N3O3/c16-9-1-2-12(17)11(5-9)13-6-10(21)7-19(13)8-14(22)20-4-3-18-15(20)23/h1-2,5,10,13,21H,3-4,6-8H2,(H,18,23)/t10-,13+/m1/s1. The number of carbonyl (C=O) groups excluding carboxylic acids is 2. The van der Waals surface area contributed by atoms with Crippen LogP contribution in [0.25, 0.3) is 0 Å². The molecule has 1 aromatic carbocycles. The highest BCUT2D eigenvalue weighted by Crippen LogP contribution is 2.33. The highest BCUT2D eigenvalue weighted by Gasteiger charge is 2.37. The largest absolute Gasteiger partial charge is 0.392 e. The first kappa shape index (κ1) is 15.8. The smallest absolute Gasteiger partial charge is 0.324 e. The highest BCUT2D eigenvalue weighted by molar-refractivity contribution is 5.96. The number of halogens is 2. The fourth-order valence-corrected chi connectivity index (χ4v) is 3.12. The second kappa shape index (κ2) is 6.21. The summed E-state index contributed by atoms with van der Waals surface area (Å²) in [5.74, 6) is -1.58. The molecule has 3 rings (SSSR count). The van der Waals surface area contributed by atoms with Crippen molar-refractivity contribution in [1.29, 1.82) is 0 Å². The van der Waals surface area contributed by atoms with Crippen LogP contribution in [0.5, 0.6) is 0 Å². The molecule has 0 saturated carbocycles. The molecule has 0 aromatic heterocycles.